The third-order valence-corrected chi connectivity index (χ3v) is 3.32. The summed E-state index contributed by atoms with van der Waals surface area (Å²) in [5, 5.41) is 6.24. The van der Waals surface area contributed by atoms with Gasteiger partial charge < -0.3 is 15.4 Å². The molecular weight excluding hydrogens is 264 g/mol. The maximum atomic E-state index is 11.7. The lowest BCUT2D eigenvalue weighted by atomic mass is 9.91. The van der Waals surface area contributed by atoms with Crippen LogP contribution in [0.5, 0.6) is 0 Å². The topological polar surface area (TPSA) is 50.4 Å². The van der Waals surface area contributed by atoms with E-state index < -0.39 is 0 Å². The molecule has 1 fully saturated rings. The number of carbonyl (C=O) groups is 1. The fourth-order valence-electron chi connectivity index (χ4n) is 2.11. The SMILES string of the molecule is CC1(NC(=O)OCc2ccccc2)CCNCC1.Cl. The molecule has 1 saturated heterocycles. The van der Waals surface area contributed by atoms with Crippen molar-refractivity contribution in [3.8, 4) is 0 Å². The van der Waals surface area contributed by atoms with Crippen LogP contribution >= 0.6 is 12.4 Å². The summed E-state index contributed by atoms with van der Waals surface area (Å²) in [6.45, 7) is 4.27. The molecule has 5 heteroatoms. The summed E-state index contributed by atoms with van der Waals surface area (Å²) < 4.78 is 5.23. The average Bonchev–Trinajstić information content (AvgIpc) is 2.38. The number of hydrogen-bond acceptors (Lipinski definition) is 3. The number of nitrogens with one attached hydrogen (secondary N) is 2. The molecule has 0 spiro atoms. The van der Waals surface area contributed by atoms with Crippen molar-refractivity contribution in [3.63, 3.8) is 0 Å². The van der Waals surface area contributed by atoms with Crippen LogP contribution in [0.15, 0.2) is 30.3 Å². The molecule has 0 radical (unpaired) electrons. The van der Waals surface area contributed by atoms with Crippen LogP contribution in [0.4, 0.5) is 4.79 Å². The Hall–Kier alpha value is -1.26. The summed E-state index contributed by atoms with van der Waals surface area (Å²) in [5.74, 6) is 0. The molecule has 1 heterocycles. The van der Waals surface area contributed by atoms with Crippen LogP contribution in [0.1, 0.15) is 25.3 Å². The van der Waals surface area contributed by atoms with Gasteiger partial charge in [0, 0.05) is 5.54 Å². The molecule has 0 saturated carbocycles. The van der Waals surface area contributed by atoms with Crippen molar-refractivity contribution in [1.82, 2.24) is 10.6 Å². The summed E-state index contributed by atoms with van der Waals surface area (Å²) in [7, 11) is 0. The normalized spacial score (nSPS) is 17.1. The van der Waals surface area contributed by atoms with Crippen LogP contribution in [0, 0.1) is 0 Å². The number of ether oxygens (including phenoxy) is 1. The van der Waals surface area contributed by atoms with Crippen LogP contribution in [-0.2, 0) is 11.3 Å². The van der Waals surface area contributed by atoms with Crippen LogP contribution in [0.2, 0.25) is 0 Å². The van der Waals surface area contributed by atoms with E-state index in [0.29, 0.717) is 6.61 Å². The Balaban J connectivity index is 0.00000180. The van der Waals surface area contributed by atoms with Crippen molar-refractivity contribution in [3.05, 3.63) is 35.9 Å². The van der Waals surface area contributed by atoms with Gasteiger partial charge in [-0.05, 0) is 38.4 Å². The molecule has 0 unspecified atom stereocenters. The Morgan fingerprint density at radius 2 is 1.95 bits per heavy atom. The van der Waals surface area contributed by atoms with Crippen LogP contribution in [0.3, 0.4) is 0 Å². The molecule has 1 aromatic rings. The molecule has 19 heavy (non-hydrogen) atoms. The van der Waals surface area contributed by atoms with E-state index in [1.54, 1.807) is 0 Å². The summed E-state index contributed by atoms with van der Waals surface area (Å²) in [4.78, 5) is 11.7. The largest absolute Gasteiger partial charge is 0.445 e. The minimum absolute atomic E-state index is 0. The first-order valence-electron chi connectivity index (χ1n) is 6.38. The quantitative estimate of drug-likeness (QED) is 0.896. The maximum absolute atomic E-state index is 11.7. The van der Waals surface area contributed by atoms with Crippen molar-refractivity contribution in [2.24, 2.45) is 0 Å². The molecule has 1 aromatic carbocycles. The Labute approximate surface area is 120 Å². The van der Waals surface area contributed by atoms with Gasteiger partial charge in [0.25, 0.3) is 0 Å². The first-order valence-corrected chi connectivity index (χ1v) is 6.38. The molecule has 1 aliphatic heterocycles. The number of piperidine rings is 1. The smallest absolute Gasteiger partial charge is 0.407 e. The lowest BCUT2D eigenvalue weighted by Gasteiger charge is -2.34. The zero-order valence-electron chi connectivity index (χ0n) is 11.1. The summed E-state index contributed by atoms with van der Waals surface area (Å²) >= 11 is 0. The number of halogens is 1. The molecule has 0 bridgehead atoms. The zero-order chi connectivity index (χ0) is 12.8. The van der Waals surface area contributed by atoms with Crippen LogP contribution in [-0.4, -0.2) is 24.7 Å². The third kappa shape index (κ3) is 5.09. The molecule has 0 aromatic heterocycles. The highest BCUT2D eigenvalue weighted by molar-refractivity contribution is 5.85. The van der Waals surface area contributed by atoms with E-state index in [1.165, 1.54) is 0 Å². The zero-order valence-corrected chi connectivity index (χ0v) is 12.0. The van der Waals surface area contributed by atoms with Crippen molar-refractivity contribution >= 4 is 18.5 Å². The minimum atomic E-state index is -0.330. The number of carbonyl (C=O) groups excluding carboxylic acids is 1. The summed E-state index contributed by atoms with van der Waals surface area (Å²) in [6.07, 6.45) is 1.55. The second kappa shape index (κ2) is 7.36. The standard InChI is InChI=1S/C14H20N2O2.ClH/c1-14(7-9-15-10-8-14)16-13(17)18-11-12-5-3-2-4-6-12;/h2-6,15H,7-11H2,1H3,(H,16,17);1H. The molecule has 0 aliphatic carbocycles. The third-order valence-electron chi connectivity index (χ3n) is 3.32. The van der Waals surface area contributed by atoms with Gasteiger partial charge in [-0.15, -0.1) is 12.4 Å². The molecule has 1 amide bonds. The number of alkyl carbamates (subject to hydrolysis) is 1. The van der Waals surface area contributed by atoms with Gasteiger partial charge in [-0.3, -0.25) is 0 Å². The van der Waals surface area contributed by atoms with E-state index in [4.69, 9.17) is 4.74 Å². The van der Waals surface area contributed by atoms with Gasteiger partial charge in [-0.1, -0.05) is 30.3 Å². The van der Waals surface area contributed by atoms with E-state index >= 15 is 0 Å². The fraction of sp³-hybridized carbons (Fsp3) is 0.500. The molecule has 1 aliphatic rings. The van der Waals surface area contributed by atoms with E-state index in [1.807, 2.05) is 30.3 Å². The highest BCUT2D eigenvalue weighted by atomic mass is 35.5. The lowest BCUT2D eigenvalue weighted by Crippen LogP contribution is -2.52. The second-order valence-electron chi connectivity index (χ2n) is 5.00. The Morgan fingerprint density at radius 1 is 1.32 bits per heavy atom. The molecular formula is C14H21ClN2O2. The van der Waals surface area contributed by atoms with Gasteiger partial charge >= 0.3 is 6.09 Å². The van der Waals surface area contributed by atoms with Crippen molar-refractivity contribution in [2.45, 2.75) is 31.9 Å². The maximum Gasteiger partial charge on any atom is 0.407 e. The van der Waals surface area contributed by atoms with Crippen molar-refractivity contribution in [1.29, 1.82) is 0 Å². The van der Waals surface area contributed by atoms with Gasteiger partial charge in [-0.25, -0.2) is 4.79 Å². The minimum Gasteiger partial charge on any atom is -0.445 e. The van der Waals surface area contributed by atoms with Crippen molar-refractivity contribution in [2.75, 3.05) is 13.1 Å². The van der Waals surface area contributed by atoms with Gasteiger partial charge in [0.05, 0.1) is 0 Å². The molecule has 2 N–H and O–H groups in total. The van der Waals surface area contributed by atoms with Crippen LogP contribution in [0.25, 0.3) is 0 Å². The summed E-state index contributed by atoms with van der Waals surface area (Å²) in [6, 6.07) is 9.70. The van der Waals surface area contributed by atoms with E-state index in [2.05, 4.69) is 17.6 Å². The monoisotopic (exact) mass is 284 g/mol. The molecule has 0 atom stereocenters. The number of amides is 1. The number of rotatable bonds is 3. The van der Waals surface area contributed by atoms with E-state index in [0.717, 1.165) is 31.5 Å². The number of hydrogen-bond donors (Lipinski definition) is 2. The van der Waals surface area contributed by atoms with Gasteiger partial charge in [0.2, 0.25) is 0 Å². The first-order chi connectivity index (χ1) is 8.68. The number of benzene rings is 1. The average molecular weight is 285 g/mol. The first kappa shape index (κ1) is 15.8. The highest BCUT2D eigenvalue weighted by Gasteiger charge is 2.28. The second-order valence-corrected chi connectivity index (χ2v) is 5.00. The predicted molar refractivity (Wildman–Crippen MR) is 77.5 cm³/mol. The van der Waals surface area contributed by atoms with Crippen LogP contribution < -0.4 is 10.6 Å². The Bertz CT molecular complexity index is 392. The van der Waals surface area contributed by atoms with E-state index in [-0.39, 0.29) is 24.0 Å². The fourth-order valence-corrected chi connectivity index (χ4v) is 2.11. The predicted octanol–water partition coefficient (Wildman–Crippen LogP) is 2.48. The molecule has 4 nitrogen and oxygen atoms in total. The van der Waals surface area contributed by atoms with Crippen molar-refractivity contribution < 1.29 is 9.53 Å². The van der Waals surface area contributed by atoms with Gasteiger partial charge in [0.1, 0.15) is 6.61 Å². The molecule has 2 rings (SSSR count). The van der Waals surface area contributed by atoms with E-state index in [9.17, 15) is 4.79 Å². The Kier molecular flexibility index (Phi) is 6.12. The van der Waals surface area contributed by atoms with Gasteiger partial charge in [0.15, 0.2) is 0 Å². The molecule has 106 valence electrons. The lowest BCUT2D eigenvalue weighted by molar-refractivity contribution is 0.122. The summed E-state index contributed by atoms with van der Waals surface area (Å²) in [5.41, 5.74) is 0.863. The highest BCUT2D eigenvalue weighted by Crippen LogP contribution is 2.17. The van der Waals surface area contributed by atoms with Gasteiger partial charge in [-0.2, -0.15) is 0 Å². The Morgan fingerprint density at radius 3 is 2.58 bits per heavy atom.